The molecule has 5 nitrogen and oxygen atoms in total. The first-order valence-corrected chi connectivity index (χ1v) is 9.39. The summed E-state index contributed by atoms with van der Waals surface area (Å²) in [6, 6.07) is 3.24. The van der Waals surface area contributed by atoms with Gasteiger partial charge in [-0.2, -0.15) is 4.68 Å². The molecule has 1 unspecified atom stereocenters. The van der Waals surface area contributed by atoms with E-state index in [0.29, 0.717) is 5.82 Å². The van der Waals surface area contributed by atoms with Gasteiger partial charge in [0.15, 0.2) is 5.82 Å². The van der Waals surface area contributed by atoms with E-state index in [9.17, 15) is 4.39 Å². The Morgan fingerprint density at radius 2 is 1.92 bits per heavy atom. The summed E-state index contributed by atoms with van der Waals surface area (Å²) in [4.78, 5) is 9.34. The minimum atomic E-state index is -0.385. The van der Waals surface area contributed by atoms with Crippen molar-refractivity contribution in [1.29, 1.82) is 0 Å². The van der Waals surface area contributed by atoms with Crippen LogP contribution in [-0.4, -0.2) is 57.8 Å². The maximum Gasteiger partial charge on any atom is 0.165 e. The summed E-state index contributed by atoms with van der Waals surface area (Å²) in [7, 11) is 2.14. The van der Waals surface area contributed by atoms with Crippen LogP contribution < -0.4 is 0 Å². The number of halogens is 2. The Balaban J connectivity index is 1.86. The number of aryl methyl sites for hydroxylation is 1. The molecule has 3 heterocycles. The zero-order valence-electron chi connectivity index (χ0n) is 15.3. The van der Waals surface area contributed by atoms with Crippen LogP contribution >= 0.6 is 11.6 Å². The predicted molar refractivity (Wildman–Crippen MR) is 102 cm³/mol. The van der Waals surface area contributed by atoms with E-state index in [1.807, 2.05) is 11.6 Å². The number of piperazine rings is 1. The predicted octanol–water partition coefficient (Wildman–Crippen LogP) is 3.60. The molecule has 0 saturated carbocycles. The molecule has 0 radical (unpaired) electrons. The van der Waals surface area contributed by atoms with Crippen LogP contribution in [0, 0.1) is 12.7 Å². The lowest BCUT2D eigenvalue weighted by Gasteiger charge is -2.36. The van der Waals surface area contributed by atoms with Gasteiger partial charge in [0.05, 0.1) is 5.02 Å². The number of likely N-dealkylation sites (N-methyl/N-ethyl adjacent to an activating group) is 1. The summed E-state index contributed by atoms with van der Waals surface area (Å²) in [5.41, 5.74) is 1.79. The van der Waals surface area contributed by atoms with Crippen molar-refractivity contribution in [2.75, 3.05) is 33.2 Å². The second-order valence-corrected chi connectivity index (χ2v) is 7.64. The van der Waals surface area contributed by atoms with Crippen LogP contribution in [0.25, 0.3) is 17.2 Å². The van der Waals surface area contributed by atoms with Gasteiger partial charge in [-0.3, -0.25) is 0 Å². The van der Waals surface area contributed by atoms with E-state index in [4.69, 9.17) is 11.6 Å². The molecule has 7 heteroatoms. The van der Waals surface area contributed by atoms with Crippen molar-refractivity contribution in [2.45, 2.75) is 26.2 Å². The van der Waals surface area contributed by atoms with Gasteiger partial charge in [0.25, 0.3) is 0 Å². The van der Waals surface area contributed by atoms with Crippen LogP contribution in [0.4, 0.5) is 4.39 Å². The monoisotopic (exact) mass is 375 g/mol. The van der Waals surface area contributed by atoms with Gasteiger partial charge >= 0.3 is 0 Å². The number of benzene rings is 1. The summed E-state index contributed by atoms with van der Waals surface area (Å²) in [5.74, 6) is 2.28. The van der Waals surface area contributed by atoms with Crippen molar-refractivity contribution in [3.05, 3.63) is 40.4 Å². The van der Waals surface area contributed by atoms with E-state index < -0.39 is 0 Å². The SMILES string of the molecule is Cc1nc2n(n1)C(N1CCN(C)CC1)=CCC(C)c1cc(F)c(Cl)cc1-2. The van der Waals surface area contributed by atoms with Crippen LogP contribution in [-0.2, 0) is 0 Å². The van der Waals surface area contributed by atoms with Crippen LogP contribution in [0.15, 0.2) is 18.2 Å². The van der Waals surface area contributed by atoms with E-state index in [-0.39, 0.29) is 16.8 Å². The molecule has 2 aliphatic heterocycles. The molecular weight excluding hydrogens is 353 g/mol. The Labute approximate surface area is 158 Å². The smallest absolute Gasteiger partial charge is 0.165 e. The molecule has 26 heavy (non-hydrogen) atoms. The van der Waals surface area contributed by atoms with Crippen molar-refractivity contribution in [2.24, 2.45) is 0 Å². The van der Waals surface area contributed by atoms with Gasteiger partial charge < -0.3 is 9.80 Å². The number of fused-ring (bicyclic) bond motifs is 3. The number of hydrogen-bond acceptors (Lipinski definition) is 4. The van der Waals surface area contributed by atoms with Crippen molar-refractivity contribution in [3.8, 4) is 11.4 Å². The Kier molecular flexibility index (Phi) is 4.49. The van der Waals surface area contributed by atoms with Gasteiger partial charge in [0.2, 0.25) is 0 Å². The largest absolute Gasteiger partial charge is 0.354 e. The van der Waals surface area contributed by atoms with Crippen LogP contribution in [0.3, 0.4) is 0 Å². The molecule has 4 rings (SSSR count). The average molecular weight is 376 g/mol. The first kappa shape index (κ1) is 17.5. The number of allylic oxidation sites excluding steroid dienone is 1. The van der Waals surface area contributed by atoms with Gasteiger partial charge in [0, 0.05) is 31.7 Å². The molecule has 2 aliphatic rings. The molecule has 0 N–H and O–H groups in total. The molecule has 1 fully saturated rings. The van der Waals surface area contributed by atoms with E-state index in [0.717, 1.165) is 55.4 Å². The van der Waals surface area contributed by atoms with Gasteiger partial charge in [-0.15, -0.1) is 5.10 Å². The molecular formula is C19H23ClFN5. The van der Waals surface area contributed by atoms with Gasteiger partial charge in [-0.05, 0) is 50.1 Å². The average Bonchev–Trinajstić information content (AvgIpc) is 2.98. The minimum Gasteiger partial charge on any atom is -0.354 e. The van der Waals surface area contributed by atoms with Crippen molar-refractivity contribution < 1.29 is 4.39 Å². The third kappa shape index (κ3) is 3.01. The highest BCUT2D eigenvalue weighted by Gasteiger charge is 2.27. The molecule has 0 amide bonds. The third-order valence-corrected chi connectivity index (χ3v) is 5.57. The molecule has 138 valence electrons. The van der Waals surface area contributed by atoms with Gasteiger partial charge in [-0.1, -0.05) is 18.5 Å². The molecule has 2 aromatic rings. The highest BCUT2D eigenvalue weighted by molar-refractivity contribution is 6.31. The fraction of sp³-hybridized carbons (Fsp3) is 0.474. The zero-order chi connectivity index (χ0) is 18.4. The molecule has 1 aromatic heterocycles. The number of nitrogens with zero attached hydrogens (tertiary/aromatic N) is 5. The molecule has 1 aromatic carbocycles. The fourth-order valence-electron chi connectivity index (χ4n) is 3.71. The summed E-state index contributed by atoms with van der Waals surface area (Å²) in [5, 5.41) is 4.77. The Morgan fingerprint density at radius 3 is 2.65 bits per heavy atom. The van der Waals surface area contributed by atoms with Crippen LogP contribution in [0.2, 0.25) is 5.02 Å². The van der Waals surface area contributed by atoms with E-state index in [2.05, 4.69) is 39.9 Å². The lowest BCUT2D eigenvalue weighted by atomic mass is 9.91. The summed E-state index contributed by atoms with van der Waals surface area (Å²) < 4.78 is 16.0. The Morgan fingerprint density at radius 1 is 1.19 bits per heavy atom. The maximum absolute atomic E-state index is 14.1. The third-order valence-electron chi connectivity index (χ3n) is 5.28. The Bertz CT molecular complexity index is 867. The van der Waals surface area contributed by atoms with E-state index in [1.54, 1.807) is 12.1 Å². The van der Waals surface area contributed by atoms with Crippen molar-refractivity contribution >= 4 is 17.4 Å². The number of aromatic nitrogens is 3. The molecule has 1 atom stereocenters. The molecule has 0 spiro atoms. The first-order valence-electron chi connectivity index (χ1n) is 9.01. The first-order chi connectivity index (χ1) is 12.4. The van der Waals surface area contributed by atoms with E-state index in [1.165, 1.54) is 0 Å². The van der Waals surface area contributed by atoms with Gasteiger partial charge in [0.1, 0.15) is 17.5 Å². The highest BCUT2D eigenvalue weighted by Crippen LogP contribution is 2.37. The second kappa shape index (κ2) is 6.67. The normalized spacial score (nSPS) is 20.9. The highest BCUT2D eigenvalue weighted by atomic mass is 35.5. The van der Waals surface area contributed by atoms with Gasteiger partial charge in [-0.25, -0.2) is 9.37 Å². The van der Waals surface area contributed by atoms with Crippen LogP contribution in [0.1, 0.15) is 30.7 Å². The standard InChI is InChI=1S/C19H23ClFN5/c1-12-4-5-18(25-8-6-24(3)7-9-25)26-19(22-13(2)23-26)15-10-16(20)17(21)11-14(12)15/h5,10-12H,4,6-9H2,1-3H3. The minimum absolute atomic E-state index is 0.119. The second-order valence-electron chi connectivity index (χ2n) is 7.24. The number of rotatable bonds is 1. The quantitative estimate of drug-likeness (QED) is 0.763. The molecule has 0 bridgehead atoms. The van der Waals surface area contributed by atoms with E-state index >= 15 is 0 Å². The summed E-state index contributed by atoms with van der Waals surface area (Å²) in [6.45, 7) is 7.93. The Hall–Kier alpha value is -1.92. The fourth-order valence-corrected chi connectivity index (χ4v) is 3.87. The zero-order valence-corrected chi connectivity index (χ0v) is 16.1. The van der Waals surface area contributed by atoms with Crippen molar-refractivity contribution in [3.63, 3.8) is 0 Å². The maximum atomic E-state index is 14.1. The number of hydrogen-bond donors (Lipinski definition) is 0. The lowest BCUT2D eigenvalue weighted by molar-refractivity contribution is 0.200. The molecule has 1 saturated heterocycles. The summed E-state index contributed by atoms with van der Waals surface area (Å²) in [6.07, 6.45) is 3.02. The van der Waals surface area contributed by atoms with Crippen LogP contribution in [0.5, 0.6) is 0 Å². The lowest BCUT2D eigenvalue weighted by Crippen LogP contribution is -2.44. The molecule has 0 aliphatic carbocycles. The topological polar surface area (TPSA) is 37.2 Å². The summed E-state index contributed by atoms with van der Waals surface area (Å²) >= 11 is 6.10. The van der Waals surface area contributed by atoms with Crippen molar-refractivity contribution in [1.82, 2.24) is 24.6 Å².